The molecule has 0 aliphatic heterocycles. The number of aromatic nitrogens is 1. The van der Waals surface area contributed by atoms with Gasteiger partial charge in [-0.2, -0.15) is 13.1 Å². The van der Waals surface area contributed by atoms with Crippen LogP contribution in [0.1, 0.15) is 40.7 Å². The molecule has 2 aromatic rings. The third-order valence-electron chi connectivity index (χ3n) is 3.69. The average Bonchev–Trinajstić information content (AvgIpc) is 2.39. The van der Waals surface area contributed by atoms with Crippen LogP contribution in [0.4, 0.5) is 0 Å². The minimum Gasteiger partial charge on any atom is -0.427 e. The minimum atomic E-state index is -2.50. The summed E-state index contributed by atoms with van der Waals surface area (Å²) < 4.78 is 23.5. The predicted octanol–water partition coefficient (Wildman–Crippen LogP) is 3.21. The Labute approximate surface area is 125 Å². The summed E-state index contributed by atoms with van der Waals surface area (Å²) in [5, 5.41) is 9.89. The van der Waals surface area contributed by atoms with Gasteiger partial charge in [0.25, 0.3) is 0 Å². The SMILES string of the molecule is Cc1ccc(C)c(C(C)c2cc(C)cn(O)c2=S(=O)=O)c1. The van der Waals surface area contributed by atoms with Crippen LogP contribution in [0.2, 0.25) is 0 Å². The molecule has 1 unspecified atom stereocenters. The van der Waals surface area contributed by atoms with E-state index < -0.39 is 10.3 Å². The lowest BCUT2D eigenvalue weighted by molar-refractivity contribution is 0.178. The largest absolute Gasteiger partial charge is 0.427 e. The molecule has 112 valence electrons. The second kappa shape index (κ2) is 5.77. The Morgan fingerprint density at radius 2 is 1.67 bits per heavy atom. The summed E-state index contributed by atoms with van der Waals surface area (Å²) >= 11 is 0. The summed E-state index contributed by atoms with van der Waals surface area (Å²) in [7, 11) is -2.50. The molecule has 1 aromatic carbocycles. The number of nitrogens with zero attached hydrogens (tertiary/aromatic N) is 1. The van der Waals surface area contributed by atoms with E-state index in [0.29, 0.717) is 10.3 Å². The summed E-state index contributed by atoms with van der Waals surface area (Å²) in [5.74, 6) is -0.129. The first-order chi connectivity index (χ1) is 9.81. The maximum Gasteiger partial charge on any atom is 0.242 e. The molecule has 2 rings (SSSR count). The molecule has 1 heterocycles. The van der Waals surface area contributed by atoms with Crippen LogP contribution in [0.15, 0.2) is 30.5 Å². The van der Waals surface area contributed by atoms with Crippen molar-refractivity contribution >= 4 is 10.3 Å². The molecule has 21 heavy (non-hydrogen) atoms. The Balaban J connectivity index is 2.78. The van der Waals surface area contributed by atoms with Gasteiger partial charge in [-0.3, -0.25) is 0 Å². The zero-order valence-corrected chi connectivity index (χ0v) is 13.4. The monoisotopic (exact) mass is 305 g/mol. The van der Waals surface area contributed by atoms with Crippen molar-refractivity contribution in [1.82, 2.24) is 4.73 Å². The maximum absolute atomic E-state index is 11.5. The molecule has 0 radical (unpaired) electrons. The van der Waals surface area contributed by atoms with Gasteiger partial charge in [-0.15, -0.1) is 0 Å². The maximum atomic E-state index is 11.5. The van der Waals surface area contributed by atoms with E-state index in [2.05, 4.69) is 6.07 Å². The highest BCUT2D eigenvalue weighted by Crippen LogP contribution is 2.28. The molecule has 0 aliphatic carbocycles. The van der Waals surface area contributed by atoms with Gasteiger partial charge < -0.3 is 5.21 Å². The average molecular weight is 305 g/mol. The molecule has 4 nitrogen and oxygen atoms in total. The smallest absolute Gasteiger partial charge is 0.242 e. The Kier molecular flexibility index (Phi) is 4.23. The number of pyridine rings is 1. The lowest BCUT2D eigenvalue weighted by atomic mass is 9.89. The highest BCUT2D eigenvalue weighted by Gasteiger charge is 2.16. The second-order valence-electron chi connectivity index (χ2n) is 5.44. The van der Waals surface area contributed by atoms with Crippen molar-refractivity contribution in [3.05, 3.63) is 62.9 Å². The van der Waals surface area contributed by atoms with Gasteiger partial charge in [0.2, 0.25) is 14.9 Å². The fraction of sp³-hybridized carbons (Fsp3) is 0.312. The summed E-state index contributed by atoms with van der Waals surface area (Å²) in [6.07, 6.45) is 1.39. The lowest BCUT2D eigenvalue weighted by Gasteiger charge is -2.17. The van der Waals surface area contributed by atoms with Crippen molar-refractivity contribution in [3.63, 3.8) is 0 Å². The van der Waals surface area contributed by atoms with E-state index >= 15 is 0 Å². The first-order valence-electron chi connectivity index (χ1n) is 6.73. The van der Waals surface area contributed by atoms with E-state index in [4.69, 9.17) is 0 Å². The van der Waals surface area contributed by atoms with E-state index in [9.17, 15) is 13.6 Å². The van der Waals surface area contributed by atoms with Crippen LogP contribution in [-0.4, -0.2) is 18.4 Å². The van der Waals surface area contributed by atoms with Crippen LogP contribution < -0.4 is 0 Å². The number of hydrogen-bond donors (Lipinski definition) is 1. The molecule has 1 aromatic heterocycles. The van der Waals surface area contributed by atoms with Crippen LogP contribution in [0.5, 0.6) is 0 Å². The number of hydrogen-bond acceptors (Lipinski definition) is 3. The first-order valence-corrected chi connectivity index (χ1v) is 7.80. The summed E-state index contributed by atoms with van der Waals surface area (Å²) in [6, 6.07) is 7.92. The van der Waals surface area contributed by atoms with Gasteiger partial charge in [0.1, 0.15) is 0 Å². The number of aryl methyl sites for hydroxylation is 3. The molecule has 5 heteroatoms. The number of benzene rings is 1. The molecule has 1 N–H and O–H groups in total. The Morgan fingerprint density at radius 3 is 2.29 bits per heavy atom. The van der Waals surface area contributed by atoms with Gasteiger partial charge in [-0.05, 0) is 37.5 Å². The zero-order chi connectivity index (χ0) is 15.7. The van der Waals surface area contributed by atoms with Crippen LogP contribution in [-0.2, 0) is 10.3 Å². The quantitative estimate of drug-likeness (QED) is 0.684. The fourth-order valence-corrected chi connectivity index (χ4v) is 3.24. The Morgan fingerprint density at radius 1 is 1.05 bits per heavy atom. The molecular weight excluding hydrogens is 286 g/mol. The highest BCUT2D eigenvalue weighted by molar-refractivity contribution is 7.63. The summed E-state index contributed by atoms with van der Waals surface area (Å²) in [4.78, 5) is 0. The van der Waals surface area contributed by atoms with Gasteiger partial charge >= 0.3 is 0 Å². The normalized spacial score (nSPS) is 12.2. The van der Waals surface area contributed by atoms with Crippen molar-refractivity contribution in [2.75, 3.05) is 0 Å². The van der Waals surface area contributed by atoms with Crippen LogP contribution in [0, 0.1) is 25.4 Å². The molecular formula is C16H19NO3S. The van der Waals surface area contributed by atoms with Crippen molar-refractivity contribution in [1.29, 1.82) is 0 Å². The van der Waals surface area contributed by atoms with E-state index in [0.717, 1.165) is 22.3 Å². The molecule has 0 aliphatic rings. The van der Waals surface area contributed by atoms with E-state index in [1.54, 1.807) is 0 Å². The van der Waals surface area contributed by atoms with Crippen LogP contribution in [0.25, 0.3) is 0 Å². The molecule has 0 saturated heterocycles. The van der Waals surface area contributed by atoms with E-state index in [-0.39, 0.29) is 10.6 Å². The third-order valence-corrected chi connectivity index (χ3v) is 4.43. The Hall–Kier alpha value is -2.01. The molecule has 0 bridgehead atoms. The fourth-order valence-electron chi connectivity index (χ4n) is 2.60. The summed E-state index contributed by atoms with van der Waals surface area (Å²) in [6.45, 7) is 7.78. The van der Waals surface area contributed by atoms with Crippen molar-refractivity contribution < 1.29 is 13.6 Å². The van der Waals surface area contributed by atoms with Gasteiger partial charge in [0.15, 0.2) is 0 Å². The van der Waals surface area contributed by atoms with Crippen molar-refractivity contribution in [2.45, 2.75) is 33.6 Å². The highest BCUT2D eigenvalue weighted by atomic mass is 32.2. The van der Waals surface area contributed by atoms with Crippen LogP contribution in [0.3, 0.4) is 0 Å². The molecule has 0 amide bonds. The predicted molar refractivity (Wildman–Crippen MR) is 81.9 cm³/mol. The van der Waals surface area contributed by atoms with Crippen LogP contribution >= 0.6 is 0 Å². The first kappa shape index (κ1) is 15.4. The molecule has 1 atom stereocenters. The van der Waals surface area contributed by atoms with E-state index in [1.807, 2.05) is 45.9 Å². The standard InChI is InChI=1S/C16H19NO3S/c1-10-5-6-12(3)14(7-10)13(4)15-8-11(2)9-17(18)16(15)21(19)20/h5-9,13,18H,1-4H3. The topological polar surface area (TPSA) is 59.3 Å². The van der Waals surface area contributed by atoms with Gasteiger partial charge in [-0.25, -0.2) is 0 Å². The molecule has 0 spiro atoms. The Bertz CT molecular complexity index is 856. The third kappa shape index (κ3) is 3.03. The van der Waals surface area contributed by atoms with Crippen molar-refractivity contribution in [2.24, 2.45) is 0 Å². The zero-order valence-electron chi connectivity index (χ0n) is 12.6. The van der Waals surface area contributed by atoms with Gasteiger partial charge in [0, 0.05) is 17.7 Å². The second-order valence-corrected chi connectivity index (χ2v) is 6.30. The number of rotatable bonds is 2. The van der Waals surface area contributed by atoms with Crippen molar-refractivity contribution in [3.8, 4) is 0 Å². The summed E-state index contributed by atoms with van der Waals surface area (Å²) in [5.41, 5.74) is 4.68. The minimum absolute atomic E-state index is 0.0889. The van der Waals surface area contributed by atoms with E-state index in [1.165, 1.54) is 6.20 Å². The lowest BCUT2D eigenvalue weighted by Crippen LogP contribution is -2.07. The molecule has 0 fully saturated rings. The van der Waals surface area contributed by atoms with Gasteiger partial charge in [-0.1, -0.05) is 36.8 Å². The molecule has 0 saturated carbocycles. The van der Waals surface area contributed by atoms with Gasteiger partial charge in [0.05, 0.1) is 0 Å².